The summed E-state index contributed by atoms with van der Waals surface area (Å²) in [5.74, 6) is -0.319. The number of nitro benzene ring substituents is 1. The van der Waals surface area contributed by atoms with E-state index in [0.717, 1.165) is 19.3 Å². The van der Waals surface area contributed by atoms with Crippen LogP contribution in [0.2, 0.25) is 0 Å². The van der Waals surface area contributed by atoms with Crippen LogP contribution < -0.4 is 4.90 Å². The second kappa shape index (κ2) is 6.00. The maximum absolute atomic E-state index is 11.4. The lowest BCUT2D eigenvalue weighted by Gasteiger charge is -2.39. The van der Waals surface area contributed by atoms with Crippen molar-refractivity contribution in [1.82, 2.24) is 0 Å². The van der Waals surface area contributed by atoms with Crippen molar-refractivity contribution in [2.75, 3.05) is 18.1 Å². The number of Topliss-reactive ketones (excluding diaryl/α,β-unsaturated/α-hetero) is 1. The van der Waals surface area contributed by atoms with Gasteiger partial charge in [-0.15, -0.1) is 0 Å². The van der Waals surface area contributed by atoms with Gasteiger partial charge in [-0.1, -0.05) is 0 Å². The number of nitrogens with zero attached hydrogens (tertiary/aromatic N) is 2. The van der Waals surface area contributed by atoms with E-state index >= 15 is 0 Å². The van der Waals surface area contributed by atoms with Crippen LogP contribution in [0.15, 0.2) is 18.2 Å². The van der Waals surface area contributed by atoms with E-state index in [1.165, 1.54) is 19.1 Å². The standard InChI is InChI=1S/C14H18N2O4/c1-10(18)13-6-5-12(9-14(13)16(19)20)15(7-8-17)11-3-2-4-11/h5-6,9,11,17H,2-4,7-8H2,1H3. The van der Waals surface area contributed by atoms with Gasteiger partial charge in [0.15, 0.2) is 5.78 Å². The summed E-state index contributed by atoms with van der Waals surface area (Å²) in [5.41, 5.74) is 0.647. The van der Waals surface area contributed by atoms with Gasteiger partial charge in [0.25, 0.3) is 5.69 Å². The lowest BCUT2D eigenvalue weighted by molar-refractivity contribution is -0.385. The highest BCUT2D eigenvalue weighted by molar-refractivity contribution is 5.98. The van der Waals surface area contributed by atoms with Gasteiger partial charge in [-0.25, -0.2) is 0 Å². The van der Waals surface area contributed by atoms with Crippen molar-refractivity contribution in [3.05, 3.63) is 33.9 Å². The molecule has 1 aliphatic rings. The third-order valence-electron chi connectivity index (χ3n) is 3.75. The zero-order valence-corrected chi connectivity index (χ0v) is 11.4. The van der Waals surface area contributed by atoms with Gasteiger partial charge in [0.05, 0.1) is 17.1 Å². The Morgan fingerprint density at radius 3 is 2.65 bits per heavy atom. The van der Waals surface area contributed by atoms with E-state index in [-0.39, 0.29) is 23.6 Å². The van der Waals surface area contributed by atoms with Crippen molar-refractivity contribution in [2.45, 2.75) is 32.2 Å². The van der Waals surface area contributed by atoms with E-state index in [2.05, 4.69) is 0 Å². The second-order valence-electron chi connectivity index (χ2n) is 5.02. The highest BCUT2D eigenvalue weighted by Crippen LogP contribution is 2.32. The molecule has 0 amide bonds. The molecule has 1 aliphatic carbocycles. The molecule has 1 N–H and O–H groups in total. The van der Waals surface area contributed by atoms with E-state index in [1.54, 1.807) is 6.07 Å². The summed E-state index contributed by atoms with van der Waals surface area (Å²) in [6, 6.07) is 4.98. The van der Waals surface area contributed by atoms with Gasteiger partial charge in [-0.05, 0) is 38.3 Å². The molecule has 0 atom stereocenters. The Hall–Kier alpha value is -1.95. The summed E-state index contributed by atoms with van der Waals surface area (Å²) in [4.78, 5) is 24.0. The first-order valence-corrected chi connectivity index (χ1v) is 6.71. The molecule has 20 heavy (non-hydrogen) atoms. The summed E-state index contributed by atoms with van der Waals surface area (Å²) >= 11 is 0. The van der Waals surface area contributed by atoms with E-state index in [4.69, 9.17) is 5.11 Å². The van der Waals surface area contributed by atoms with Crippen molar-refractivity contribution in [1.29, 1.82) is 0 Å². The largest absolute Gasteiger partial charge is 0.395 e. The highest BCUT2D eigenvalue weighted by atomic mass is 16.6. The minimum Gasteiger partial charge on any atom is -0.395 e. The molecule has 0 unspecified atom stereocenters. The molecule has 1 saturated carbocycles. The number of hydrogen-bond acceptors (Lipinski definition) is 5. The summed E-state index contributed by atoms with van der Waals surface area (Å²) < 4.78 is 0. The van der Waals surface area contributed by atoms with Crippen molar-refractivity contribution < 1.29 is 14.8 Å². The minimum absolute atomic E-state index is 0.00123. The minimum atomic E-state index is -0.530. The number of ketones is 1. The number of rotatable bonds is 6. The van der Waals surface area contributed by atoms with Gasteiger partial charge in [-0.2, -0.15) is 0 Å². The normalized spacial score (nSPS) is 14.7. The fourth-order valence-electron chi connectivity index (χ4n) is 2.48. The van der Waals surface area contributed by atoms with E-state index < -0.39 is 4.92 Å². The summed E-state index contributed by atoms with van der Waals surface area (Å²) in [6.45, 7) is 1.76. The molecular weight excluding hydrogens is 260 g/mol. The summed E-state index contributed by atoms with van der Waals surface area (Å²) in [5, 5.41) is 20.3. The maximum atomic E-state index is 11.4. The SMILES string of the molecule is CC(=O)c1ccc(N(CCO)C2CCC2)cc1[N+](=O)[O-]. The van der Waals surface area contributed by atoms with Crippen LogP contribution in [0.4, 0.5) is 11.4 Å². The Balaban J connectivity index is 2.37. The Bertz CT molecular complexity index is 526. The van der Waals surface area contributed by atoms with Crippen LogP contribution in [0.5, 0.6) is 0 Å². The lowest BCUT2D eigenvalue weighted by Crippen LogP contribution is -2.42. The van der Waals surface area contributed by atoms with Crippen molar-refractivity contribution in [3.63, 3.8) is 0 Å². The smallest absolute Gasteiger partial charge is 0.282 e. The van der Waals surface area contributed by atoms with Crippen LogP contribution in [-0.2, 0) is 0 Å². The van der Waals surface area contributed by atoms with Crippen molar-refractivity contribution in [2.24, 2.45) is 0 Å². The molecule has 0 aromatic heterocycles. The average Bonchev–Trinajstić information content (AvgIpc) is 2.35. The van der Waals surface area contributed by atoms with Gasteiger partial charge in [0.2, 0.25) is 0 Å². The summed E-state index contributed by atoms with van der Waals surface area (Å²) in [6.07, 6.45) is 3.20. The number of anilines is 1. The number of hydrogen-bond donors (Lipinski definition) is 1. The summed E-state index contributed by atoms with van der Waals surface area (Å²) in [7, 11) is 0. The van der Waals surface area contributed by atoms with Crippen LogP contribution in [0.25, 0.3) is 0 Å². The quantitative estimate of drug-likeness (QED) is 0.489. The molecule has 108 valence electrons. The van der Waals surface area contributed by atoms with Crippen molar-refractivity contribution >= 4 is 17.2 Å². The molecule has 1 aromatic carbocycles. The third kappa shape index (κ3) is 2.80. The molecule has 1 aromatic rings. The predicted molar refractivity (Wildman–Crippen MR) is 75.2 cm³/mol. The molecule has 0 aliphatic heterocycles. The Morgan fingerprint density at radius 1 is 1.50 bits per heavy atom. The number of carbonyl (C=O) groups is 1. The van der Waals surface area contributed by atoms with Crippen LogP contribution in [0.3, 0.4) is 0 Å². The molecule has 2 rings (SSSR count). The van der Waals surface area contributed by atoms with Gasteiger partial charge >= 0.3 is 0 Å². The number of aliphatic hydroxyl groups is 1. The predicted octanol–water partition coefficient (Wildman–Crippen LogP) is 2.15. The van der Waals surface area contributed by atoms with E-state index in [9.17, 15) is 14.9 Å². The maximum Gasteiger partial charge on any atom is 0.282 e. The average molecular weight is 278 g/mol. The van der Waals surface area contributed by atoms with Gasteiger partial charge in [0.1, 0.15) is 0 Å². The first kappa shape index (κ1) is 14.5. The lowest BCUT2D eigenvalue weighted by atomic mass is 9.91. The number of benzene rings is 1. The van der Waals surface area contributed by atoms with Gasteiger partial charge in [0, 0.05) is 24.3 Å². The molecule has 0 spiro atoms. The molecule has 0 saturated heterocycles. The fraction of sp³-hybridized carbons (Fsp3) is 0.500. The zero-order chi connectivity index (χ0) is 14.7. The number of carbonyl (C=O) groups excluding carboxylic acids is 1. The van der Waals surface area contributed by atoms with E-state index in [0.29, 0.717) is 18.3 Å². The Labute approximate surface area is 117 Å². The Morgan fingerprint density at radius 2 is 2.20 bits per heavy atom. The topological polar surface area (TPSA) is 83.7 Å². The Kier molecular flexibility index (Phi) is 4.34. The van der Waals surface area contributed by atoms with Crippen molar-refractivity contribution in [3.8, 4) is 0 Å². The monoisotopic (exact) mass is 278 g/mol. The highest BCUT2D eigenvalue weighted by Gasteiger charge is 2.27. The fourth-order valence-corrected chi connectivity index (χ4v) is 2.48. The molecule has 1 fully saturated rings. The first-order chi connectivity index (χ1) is 9.54. The van der Waals surface area contributed by atoms with Crippen LogP contribution in [-0.4, -0.2) is 35.0 Å². The molecule has 6 heteroatoms. The zero-order valence-electron chi connectivity index (χ0n) is 11.4. The molecular formula is C14H18N2O4. The number of nitro groups is 1. The van der Waals surface area contributed by atoms with Gasteiger partial charge in [-0.3, -0.25) is 14.9 Å². The molecule has 6 nitrogen and oxygen atoms in total. The first-order valence-electron chi connectivity index (χ1n) is 6.71. The van der Waals surface area contributed by atoms with Crippen LogP contribution in [0.1, 0.15) is 36.5 Å². The second-order valence-corrected chi connectivity index (χ2v) is 5.02. The molecule has 0 radical (unpaired) electrons. The van der Waals surface area contributed by atoms with Crippen LogP contribution >= 0.6 is 0 Å². The van der Waals surface area contributed by atoms with Crippen LogP contribution in [0, 0.1) is 10.1 Å². The molecule has 0 heterocycles. The number of aliphatic hydroxyl groups excluding tert-OH is 1. The third-order valence-corrected chi connectivity index (χ3v) is 3.75. The van der Waals surface area contributed by atoms with E-state index in [1.807, 2.05) is 4.90 Å². The van der Waals surface area contributed by atoms with Gasteiger partial charge < -0.3 is 10.0 Å². The molecule has 0 bridgehead atoms.